The van der Waals surface area contributed by atoms with Gasteiger partial charge in [-0.3, -0.25) is 0 Å². The first kappa shape index (κ1) is 8.97. The molecule has 0 fully saturated rings. The fourth-order valence-corrected chi connectivity index (χ4v) is 1.15. The summed E-state index contributed by atoms with van der Waals surface area (Å²) in [5.74, 6) is 0.235. The van der Waals surface area contributed by atoms with Gasteiger partial charge in [0.25, 0.3) is 0 Å². The fraction of sp³-hybridized carbons (Fsp3) is 0.556. The van der Waals surface area contributed by atoms with Crippen LogP contribution in [0.4, 0.5) is 0 Å². The maximum atomic E-state index is 10.7. The minimum absolute atomic E-state index is 0.235. The Hall–Kier alpha value is -1.12. The van der Waals surface area contributed by atoms with Crippen molar-refractivity contribution in [2.24, 2.45) is 0 Å². The number of hydrogen-bond acceptors (Lipinski definition) is 2. The molecule has 0 unspecified atom stereocenters. The van der Waals surface area contributed by atoms with Crippen LogP contribution in [0.5, 0.6) is 0 Å². The Morgan fingerprint density at radius 1 is 1.67 bits per heavy atom. The molecule has 3 heteroatoms. The monoisotopic (exact) mass is 166 g/mol. The average molecular weight is 166 g/mol. The molecule has 0 saturated carbocycles. The number of hydrogen-bond donors (Lipinski definition) is 0. The van der Waals surface area contributed by atoms with E-state index in [1.165, 1.54) is 0 Å². The Bertz CT molecular complexity index is 265. The zero-order chi connectivity index (χ0) is 8.97. The molecular weight excluding hydrogens is 152 g/mol. The van der Waals surface area contributed by atoms with Crippen molar-refractivity contribution in [3.8, 4) is 0 Å². The Labute approximate surface area is 72.4 Å². The first-order valence-electron chi connectivity index (χ1n) is 4.22. The number of carbonyl (C=O) groups excluding carboxylic acids is 1. The van der Waals surface area contributed by atoms with Gasteiger partial charge in [-0.2, -0.15) is 0 Å². The van der Waals surface area contributed by atoms with Crippen LogP contribution >= 0.6 is 0 Å². The molecular formula is C9H14N2O. The van der Waals surface area contributed by atoms with Crippen LogP contribution < -0.4 is 0 Å². The molecule has 0 spiro atoms. The zero-order valence-corrected chi connectivity index (χ0v) is 7.58. The standard InChI is InChI=1S/C9H14N2O/c1-3-11-7-10-6-9(11)5-4-8(2)12/h6-7H,3-5H2,1-2H3. The topological polar surface area (TPSA) is 34.9 Å². The molecule has 0 saturated heterocycles. The van der Waals surface area contributed by atoms with Gasteiger partial charge in [0.2, 0.25) is 0 Å². The number of carbonyl (C=O) groups is 1. The number of rotatable bonds is 4. The molecule has 0 aromatic carbocycles. The van der Waals surface area contributed by atoms with E-state index in [1.807, 2.05) is 6.20 Å². The maximum absolute atomic E-state index is 10.7. The van der Waals surface area contributed by atoms with Crippen LogP contribution in [0.3, 0.4) is 0 Å². The summed E-state index contributed by atoms with van der Waals surface area (Å²) >= 11 is 0. The van der Waals surface area contributed by atoms with E-state index >= 15 is 0 Å². The minimum atomic E-state index is 0.235. The van der Waals surface area contributed by atoms with Crippen molar-refractivity contribution in [3.05, 3.63) is 18.2 Å². The van der Waals surface area contributed by atoms with Crippen LogP contribution in [0, 0.1) is 0 Å². The molecule has 12 heavy (non-hydrogen) atoms. The van der Waals surface area contributed by atoms with Gasteiger partial charge in [0.05, 0.1) is 6.33 Å². The average Bonchev–Trinajstić information content (AvgIpc) is 2.47. The number of nitrogens with zero attached hydrogens (tertiary/aromatic N) is 2. The van der Waals surface area contributed by atoms with Crippen LogP contribution in [0.25, 0.3) is 0 Å². The fourth-order valence-electron chi connectivity index (χ4n) is 1.15. The molecule has 0 amide bonds. The summed E-state index contributed by atoms with van der Waals surface area (Å²) in [6, 6.07) is 0. The van der Waals surface area contributed by atoms with Gasteiger partial charge in [-0.15, -0.1) is 0 Å². The maximum Gasteiger partial charge on any atom is 0.130 e. The van der Waals surface area contributed by atoms with Crippen molar-refractivity contribution in [2.75, 3.05) is 0 Å². The van der Waals surface area contributed by atoms with Crippen molar-refractivity contribution in [3.63, 3.8) is 0 Å². The molecule has 1 heterocycles. The van der Waals surface area contributed by atoms with E-state index in [1.54, 1.807) is 13.3 Å². The second-order valence-corrected chi connectivity index (χ2v) is 2.87. The second kappa shape index (κ2) is 4.04. The SMILES string of the molecule is CCn1cncc1CCC(C)=O. The van der Waals surface area contributed by atoms with E-state index < -0.39 is 0 Å². The zero-order valence-electron chi connectivity index (χ0n) is 7.58. The Balaban J connectivity index is 2.56. The number of ketones is 1. The molecule has 0 aliphatic carbocycles. The third-order valence-electron chi connectivity index (χ3n) is 1.87. The van der Waals surface area contributed by atoms with Crippen molar-refractivity contribution in [1.82, 2.24) is 9.55 Å². The highest BCUT2D eigenvalue weighted by Crippen LogP contribution is 2.02. The highest BCUT2D eigenvalue weighted by Gasteiger charge is 2.01. The molecule has 0 aliphatic rings. The number of imidazole rings is 1. The molecule has 0 bridgehead atoms. The molecule has 1 aromatic heterocycles. The molecule has 0 aliphatic heterocycles. The predicted octanol–water partition coefficient (Wildman–Crippen LogP) is 1.42. The summed E-state index contributed by atoms with van der Waals surface area (Å²) in [5.41, 5.74) is 1.15. The van der Waals surface area contributed by atoms with Crippen molar-refractivity contribution >= 4 is 5.78 Å². The van der Waals surface area contributed by atoms with Crippen molar-refractivity contribution < 1.29 is 4.79 Å². The summed E-state index contributed by atoms with van der Waals surface area (Å²) in [7, 11) is 0. The predicted molar refractivity (Wildman–Crippen MR) is 46.9 cm³/mol. The van der Waals surface area contributed by atoms with Gasteiger partial charge in [0.1, 0.15) is 5.78 Å². The highest BCUT2D eigenvalue weighted by molar-refractivity contribution is 5.75. The largest absolute Gasteiger partial charge is 0.335 e. The van der Waals surface area contributed by atoms with E-state index in [0.29, 0.717) is 6.42 Å². The van der Waals surface area contributed by atoms with E-state index in [-0.39, 0.29) is 5.78 Å². The van der Waals surface area contributed by atoms with E-state index in [9.17, 15) is 4.79 Å². The molecule has 0 radical (unpaired) electrons. The minimum Gasteiger partial charge on any atom is -0.335 e. The Morgan fingerprint density at radius 3 is 3.00 bits per heavy atom. The summed E-state index contributed by atoms with van der Waals surface area (Å²) in [5, 5.41) is 0. The van der Waals surface area contributed by atoms with Crippen LogP contribution in [0.2, 0.25) is 0 Å². The van der Waals surface area contributed by atoms with Gasteiger partial charge in [-0.05, 0) is 20.3 Å². The van der Waals surface area contributed by atoms with E-state index in [2.05, 4.69) is 16.5 Å². The summed E-state index contributed by atoms with van der Waals surface area (Å²) < 4.78 is 2.06. The van der Waals surface area contributed by atoms with Crippen LogP contribution in [-0.4, -0.2) is 15.3 Å². The van der Waals surface area contributed by atoms with Gasteiger partial charge in [-0.1, -0.05) is 0 Å². The van der Waals surface area contributed by atoms with Crippen LogP contribution in [0.15, 0.2) is 12.5 Å². The van der Waals surface area contributed by atoms with Gasteiger partial charge in [0, 0.05) is 24.9 Å². The van der Waals surface area contributed by atoms with Crippen LogP contribution in [0.1, 0.15) is 26.0 Å². The molecule has 66 valence electrons. The lowest BCUT2D eigenvalue weighted by molar-refractivity contribution is -0.117. The normalized spacial score (nSPS) is 10.2. The lowest BCUT2D eigenvalue weighted by atomic mass is 10.2. The van der Waals surface area contributed by atoms with Crippen molar-refractivity contribution in [2.45, 2.75) is 33.2 Å². The molecule has 0 atom stereocenters. The Morgan fingerprint density at radius 2 is 2.42 bits per heavy atom. The van der Waals surface area contributed by atoms with Gasteiger partial charge in [-0.25, -0.2) is 4.98 Å². The second-order valence-electron chi connectivity index (χ2n) is 2.87. The third kappa shape index (κ3) is 2.19. The van der Waals surface area contributed by atoms with Crippen LogP contribution in [-0.2, 0) is 17.8 Å². The number of Topliss-reactive ketones (excluding diaryl/α,β-unsaturated/α-hetero) is 1. The molecule has 1 aromatic rings. The first-order chi connectivity index (χ1) is 5.74. The Kier molecular flexibility index (Phi) is 3.02. The third-order valence-corrected chi connectivity index (χ3v) is 1.87. The molecule has 3 nitrogen and oxygen atoms in total. The quantitative estimate of drug-likeness (QED) is 0.678. The van der Waals surface area contributed by atoms with Gasteiger partial charge >= 0.3 is 0 Å². The molecule has 1 rings (SSSR count). The summed E-state index contributed by atoms with van der Waals surface area (Å²) in [6.45, 7) is 4.61. The van der Waals surface area contributed by atoms with Gasteiger partial charge < -0.3 is 9.36 Å². The highest BCUT2D eigenvalue weighted by atomic mass is 16.1. The van der Waals surface area contributed by atoms with Crippen molar-refractivity contribution in [1.29, 1.82) is 0 Å². The van der Waals surface area contributed by atoms with E-state index in [0.717, 1.165) is 18.7 Å². The summed E-state index contributed by atoms with van der Waals surface area (Å²) in [6.07, 6.45) is 5.05. The molecule has 0 N–H and O–H groups in total. The lowest BCUT2D eigenvalue weighted by Gasteiger charge is -2.02. The number of aromatic nitrogens is 2. The summed E-state index contributed by atoms with van der Waals surface area (Å²) in [4.78, 5) is 14.7. The first-order valence-corrected chi connectivity index (χ1v) is 4.22. The van der Waals surface area contributed by atoms with Gasteiger partial charge in [0.15, 0.2) is 0 Å². The number of aryl methyl sites for hydroxylation is 2. The van der Waals surface area contributed by atoms with E-state index in [4.69, 9.17) is 0 Å². The lowest BCUT2D eigenvalue weighted by Crippen LogP contribution is -2.01. The smallest absolute Gasteiger partial charge is 0.130 e.